The van der Waals surface area contributed by atoms with E-state index in [-0.39, 0.29) is 22.8 Å². The van der Waals surface area contributed by atoms with Crippen LogP contribution < -0.4 is 10.1 Å². The van der Waals surface area contributed by atoms with E-state index in [0.29, 0.717) is 31.0 Å². The zero-order valence-electron chi connectivity index (χ0n) is 16.5. The fourth-order valence-corrected chi connectivity index (χ4v) is 5.14. The Bertz CT molecular complexity index is 955. The first kappa shape index (κ1) is 21.6. The van der Waals surface area contributed by atoms with Crippen LogP contribution in [0, 0.1) is 5.92 Å². The molecule has 2 aromatic carbocycles. The van der Waals surface area contributed by atoms with Gasteiger partial charge in [-0.1, -0.05) is 29.8 Å². The first-order valence-electron chi connectivity index (χ1n) is 9.52. The number of benzene rings is 2. The van der Waals surface area contributed by atoms with Crippen molar-refractivity contribution in [3.8, 4) is 5.75 Å². The zero-order chi connectivity index (χ0) is 21.0. The van der Waals surface area contributed by atoms with E-state index >= 15 is 0 Å². The highest BCUT2D eigenvalue weighted by molar-refractivity contribution is 7.89. The molecule has 0 unspecified atom stereocenters. The normalized spacial score (nSPS) is 16.9. The molecule has 1 amide bonds. The lowest BCUT2D eigenvalue weighted by Gasteiger charge is -2.31. The van der Waals surface area contributed by atoms with Crippen LogP contribution >= 0.6 is 11.6 Å². The number of hydrogen-bond acceptors (Lipinski definition) is 4. The fraction of sp³-hybridized carbons (Fsp3) is 0.381. The van der Waals surface area contributed by atoms with Crippen molar-refractivity contribution in [2.24, 2.45) is 5.92 Å². The Labute approximate surface area is 176 Å². The summed E-state index contributed by atoms with van der Waals surface area (Å²) in [6.45, 7) is 2.54. The molecule has 1 aliphatic heterocycles. The molecule has 3 rings (SSSR count). The number of carbonyl (C=O) groups excluding carboxylic acids is 1. The summed E-state index contributed by atoms with van der Waals surface area (Å²) in [5.74, 6) is 0.444. The Kier molecular flexibility index (Phi) is 6.82. The molecule has 0 aliphatic carbocycles. The van der Waals surface area contributed by atoms with Crippen LogP contribution in [0.4, 0.5) is 0 Å². The number of nitrogens with one attached hydrogen (secondary N) is 1. The molecule has 8 heteroatoms. The molecule has 1 heterocycles. The minimum absolute atomic E-state index is 0.0630. The van der Waals surface area contributed by atoms with E-state index < -0.39 is 10.0 Å². The number of halogens is 1. The smallest absolute Gasteiger partial charge is 0.243 e. The molecule has 156 valence electrons. The van der Waals surface area contributed by atoms with Gasteiger partial charge in [-0.15, -0.1) is 0 Å². The second-order valence-electron chi connectivity index (χ2n) is 7.10. The minimum Gasteiger partial charge on any atom is -0.496 e. The van der Waals surface area contributed by atoms with Crippen LogP contribution in [-0.2, 0) is 14.8 Å². The van der Waals surface area contributed by atoms with Gasteiger partial charge in [0.2, 0.25) is 15.9 Å². The van der Waals surface area contributed by atoms with Crippen LogP contribution in [0.5, 0.6) is 5.75 Å². The molecular weight excluding hydrogens is 412 g/mol. The van der Waals surface area contributed by atoms with Gasteiger partial charge in [-0.25, -0.2) is 8.42 Å². The topological polar surface area (TPSA) is 75.7 Å². The predicted molar refractivity (Wildman–Crippen MR) is 112 cm³/mol. The van der Waals surface area contributed by atoms with Crippen molar-refractivity contribution < 1.29 is 17.9 Å². The molecule has 0 radical (unpaired) electrons. The van der Waals surface area contributed by atoms with Crippen molar-refractivity contribution in [2.45, 2.75) is 30.7 Å². The maximum Gasteiger partial charge on any atom is 0.243 e. The van der Waals surface area contributed by atoms with Crippen LogP contribution in [0.2, 0.25) is 5.02 Å². The minimum atomic E-state index is -3.58. The van der Waals surface area contributed by atoms with Gasteiger partial charge in [0, 0.05) is 29.6 Å². The van der Waals surface area contributed by atoms with Gasteiger partial charge in [-0.05, 0) is 50.1 Å². The molecule has 1 saturated heterocycles. The van der Waals surface area contributed by atoms with E-state index in [0.717, 1.165) is 11.3 Å². The van der Waals surface area contributed by atoms with Crippen LogP contribution in [0.15, 0.2) is 53.4 Å². The van der Waals surface area contributed by atoms with E-state index in [2.05, 4.69) is 5.32 Å². The summed E-state index contributed by atoms with van der Waals surface area (Å²) < 4.78 is 32.3. The molecule has 1 fully saturated rings. The second-order valence-corrected chi connectivity index (χ2v) is 9.48. The van der Waals surface area contributed by atoms with E-state index in [1.165, 1.54) is 16.4 Å². The first-order valence-corrected chi connectivity index (χ1v) is 11.3. The van der Waals surface area contributed by atoms with Gasteiger partial charge in [0.1, 0.15) is 5.75 Å². The highest BCUT2D eigenvalue weighted by atomic mass is 35.5. The van der Waals surface area contributed by atoms with E-state index in [9.17, 15) is 13.2 Å². The third-order valence-electron chi connectivity index (χ3n) is 5.24. The summed E-state index contributed by atoms with van der Waals surface area (Å²) in [5.41, 5.74) is 0.908. The fourth-order valence-electron chi connectivity index (χ4n) is 3.55. The maximum atomic E-state index is 12.8. The van der Waals surface area contributed by atoms with E-state index in [1.54, 1.807) is 19.2 Å². The lowest BCUT2D eigenvalue weighted by Crippen LogP contribution is -2.43. The largest absolute Gasteiger partial charge is 0.496 e. The average molecular weight is 437 g/mol. The van der Waals surface area contributed by atoms with Crippen LogP contribution in [0.1, 0.15) is 31.4 Å². The standard InChI is InChI=1S/C21H25ClN2O4S/c1-15(19-5-3-4-6-20(19)28-2)23-21(25)16-11-13-24(14-12-16)29(26,27)18-9-7-17(22)8-10-18/h3-10,15-16H,11-14H2,1-2H3,(H,23,25)/t15-/m1/s1. The number of rotatable bonds is 6. The first-order chi connectivity index (χ1) is 13.8. The third kappa shape index (κ3) is 4.91. The molecule has 0 spiro atoms. The summed E-state index contributed by atoms with van der Waals surface area (Å²) in [6, 6.07) is 13.5. The number of carbonyl (C=O) groups is 1. The van der Waals surface area contributed by atoms with E-state index in [4.69, 9.17) is 16.3 Å². The Morgan fingerprint density at radius 2 is 1.76 bits per heavy atom. The summed E-state index contributed by atoms with van der Waals surface area (Å²) in [6.07, 6.45) is 0.967. The quantitative estimate of drug-likeness (QED) is 0.750. The summed E-state index contributed by atoms with van der Waals surface area (Å²) >= 11 is 5.85. The maximum absolute atomic E-state index is 12.8. The Hall–Kier alpha value is -2.09. The van der Waals surface area contributed by atoms with Gasteiger partial charge in [0.05, 0.1) is 18.0 Å². The monoisotopic (exact) mass is 436 g/mol. The van der Waals surface area contributed by atoms with E-state index in [1.807, 2.05) is 31.2 Å². The summed E-state index contributed by atoms with van der Waals surface area (Å²) in [7, 11) is -1.98. The molecule has 0 saturated carbocycles. The van der Waals surface area contributed by atoms with Gasteiger partial charge in [-0.3, -0.25) is 4.79 Å². The summed E-state index contributed by atoms with van der Waals surface area (Å²) in [4.78, 5) is 12.9. The van der Waals surface area contributed by atoms with Crippen molar-refractivity contribution in [1.82, 2.24) is 9.62 Å². The van der Waals surface area contributed by atoms with Crippen molar-refractivity contribution in [3.63, 3.8) is 0 Å². The number of piperidine rings is 1. The molecular formula is C21H25ClN2O4S. The number of amides is 1. The molecule has 0 aromatic heterocycles. The number of methoxy groups -OCH3 is 1. The Balaban J connectivity index is 1.60. The van der Waals surface area contributed by atoms with Crippen molar-refractivity contribution in [1.29, 1.82) is 0 Å². The number of ether oxygens (including phenoxy) is 1. The van der Waals surface area contributed by atoms with Crippen LogP contribution in [-0.4, -0.2) is 38.8 Å². The van der Waals surface area contributed by atoms with Crippen LogP contribution in [0.3, 0.4) is 0 Å². The van der Waals surface area contributed by atoms with Crippen molar-refractivity contribution in [2.75, 3.05) is 20.2 Å². The molecule has 6 nitrogen and oxygen atoms in total. The van der Waals surface area contributed by atoms with Gasteiger partial charge in [0.25, 0.3) is 0 Å². The SMILES string of the molecule is COc1ccccc1[C@@H](C)NC(=O)C1CCN(S(=O)(=O)c2ccc(Cl)cc2)CC1. The molecule has 29 heavy (non-hydrogen) atoms. The van der Waals surface area contributed by atoms with Gasteiger partial charge < -0.3 is 10.1 Å². The lowest BCUT2D eigenvalue weighted by atomic mass is 9.96. The predicted octanol–water partition coefficient (Wildman–Crippen LogP) is 3.63. The number of sulfonamides is 1. The summed E-state index contributed by atoms with van der Waals surface area (Å²) in [5, 5.41) is 3.52. The van der Waals surface area contributed by atoms with Crippen molar-refractivity contribution >= 4 is 27.5 Å². The number of nitrogens with zero attached hydrogens (tertiary/aromatic N) is 1. The Morgan fingerprint density at radius 1 is 1.14 bits per heavy atom. The zero-order valence-corrected chi connectivity index (χ0v) is 18.0. The molecule has 1 aliphatic rings. The number of hydrogen-bond donors (Lipinski definition) is 1. The molecule has 0 bridgehead atoms. The second kappa shape index (κ2) is 9.15. The number of para-hydroxylation sites is 1. The molecule has 1 atom stereocenters. The van der Waals surface area contributed by atoms with Crippen LogP contribution in [0.25, 0.3) is 0 Å². The Morgan fingerprint density at radius 3 is 2.38 bits per heavy atom. The third-order valence-corrected chi connectivity index (χ3v) is 7.41. The molecule has 1 N–H and O–H groups in total. The average Bonchev–Trinajstić information content (AvgIpc) is 2.74. The van der Waals surface area contributed by atoms with Crippen molar-refractivity contribution in [3.05, 3.63) is 59.1 Å². The van der Waals surface area contributed by atoms with Gasteiger partial charge in [0.15, 0.2) is 0 Å². The van der Waals surface area contributed by atoms with Gasteiger partial charge >= 0.3 is 0 Å². The highest BCUT2D eigenvalue weighted by Gasteiger charge is 2.32. The molecule has 2 aromatic rings. The lowest BCUT2D eigenvalue weighted by molar-refractivity contribution is -0.126. The van der Waals surface area contributed by atoms with Gasteiger partial charge in [-0.2, -0.15) is 4.31 Å². The highest BCUT2D eigenvalue weighted by Crippen LogP contribution is 2.27.